The first-order valence-electron chi connectivity index (χ1n) is 7.75. The first-order chi connectivity index (χ1) is 8.73. The van der Waals surface area contributed by atoms with Crippen LogP contribution in [0.1, 0.15) is 58.8 Å². The Labute approximate surface area is 111 Å². The van der Waals surface area contributed by atoms with E-state index in [9.17, 15) is 4.79 Å². The fourth-order valence-corrected chi connectivity index (χ4v) is 3.76. The van der Waals surface area contributed by atoms with Crippen molar-refractivity contribution in [3.8, 4) is 0 Å². The summed E-state index contributed by atoms with van der Waals surface area (Å²) in [6.45, 7) is 7.34. The third kappa shape index (κ3) is 2.56. The molecule has 1 aliphatic heterocycles. The van der Waals surface area contributed by atoms with Gasteiger partial charge in [0.15, 0.2) is 0 Å². The summed E-state index contributed by atoms with van der Waals surface area (Å²) in [5, 5.41) is 3.39. The molecule has 1 saturated heterocycles. The summed E-state index contributed by atoms with van der Waals surface area (Å²) in [5.41, 5.74) is -0.0130. The zero-order valence-corrected chi connectivity index (χ0v) is 12.0. The molecule has 0 bridgehead atoms. The highest BCUT2D eigenvalue weighted by molar-refractivity contribution is 5.83. The molecule has 1 N–H and O–H groups in total. The maximum atomic E-state index is 12.9. The van der Waals surface area contributed by atoms with Gasteiger partial charge in [-0.05, 0) is 52.1 Å². The molecule has 2 fully saturated rings. The number of carbonyl (C=O) groups excluding carboxylic acids is 1. The van der Waals surface area contributed by atoms with Gasteiger partial charge < -0.3 is 10.2 Å². The predicted octanol–water partition coefficient (Wildman–Crippen LogP) is 2.56. The Balaban J connectivity index is 2.08. The Hall–Kier alpha value is -0.570. The van der Waals surface area contributed by atoms with E-state index in [0.29, 0.717) is 11.9 Å². The van der Waals surface area contributed by atoms with Gasteiger partial charge in [0.1, 0.15) is 0 Å². The van der Waals surface area contributed by atoms with Gasteiger partial charge >= 0.3 is 0 Å². The number of hydrogen-bond donors (Lipinski definition) is 1. The Kier molecular flexibility index (Phi) is 4.66. The lowest BCUT2D eigenvalue weighted by atomic mass is 9.81. The smallest absolute Gasteiger partial charge is 0.229 e. The van der Waals surface area contributed by atoms with Crippen LogP contribution in [0.25, 0.3) is 0 Å². The average molecular weight is 252 g/mol. The number of piperidine rings is 1. The predicted molar refractivity (Wildman–Crippen MR) is 74.5 cm³/mol. The summed E-state index contributed by atoms with van der Waals surface area (Å²) >= 11 is 0. The van der Waals surface area contributed by atoms with Crippen molar-refractivity contribution in [1.29, 1.82) is 0 Å². The molecule has 3 heteroatoms. The lowest BCUT2D eigenvalue weighted by Gasteiger charge is -2.39. The summed E-state index contributed by atoms with van der Waals surface area (Å²) in [6, 6.07) is 0.479. The molecule has 0 aromatic carbocycles. The molecule has 0 radical (unpaired) electrons. The Morgan fingerprint density at radius 3 is 2.33 bits per heavy atom. The van der Waals surface area contributed by atoms with Crippen molar-refractivity contribution in [2.24, 2.45) is 5.41 Å². The van der Waals surface area contributed by atoms with Gasteiger partial charge in [0, 0.05) is 18.0 Å². The van der Waals surface area contributed by atoms with Gasteiger partial charge in [-0.25, -0.2) is 0 Å². The molecular weight excluding hydrogens is 224 g/mol. The SMILES string of the molecule is CCN(C(=O)C1(CC)CCCC1)C1CCNCC1. The second-order valence-electron chi connectivity index (χ2n) is 5.91. The number of rotatable bonds is 4. The van der Waals surface area contributed by atoms with Crippen molar-refractivity contribution in [3.63, 3.8) is 0 Å². The minimum absolute atomic E-state index is 0.0130. The van der Waals surface area contributed by atoms with E-state index in [-0.39, 0.29) is 5.41 Å². The molecule has 104 valence electrons. The molecule has 1 heterocycles. The van der Waals surface area contributed by atoms with Crippen molar-refractivity contribution in [2.75, 3.05) is 19.6 Å². The molecule has 0 aromatic rings. The van der Waals surface area contributed by atoms with Gasteiger partial charge in [0.25, 0.3) is 0 Å². The van der Waals surface area contributed by atoms with Crippen molar-refractivity contribution in [1.82, 2.24) is 10.2 Å². The van der Waals surface area contributed by atoms with Crippen LogP contribution in [0.4, 0.5) is 0 Å². The largest absolute Gasteiger partial charge is 0.339 e. The minimum Gasteiger partial charge on any atom is -0.339 e. The first-order valence-corrected chi connectivity index (χ1v) is 7.75. The lowest BCUT2D eigenvalue weighted by molar-refractivity contribution is -0.145. The van der Waals surface area contributed by atoms with E-state index < -0.39 is 0 Å². The van der Waals surface area contributed by atoms with Gasteiger partial charge in [0.05, 0.1) is 0 Å². The van der Waals surface area contributed by atoms with Crippen molar-refractivity contribution in [2.45, 2.75) is 64.8 Å². The summed E-state index contributed by atoms with van der Waals surface area (Å²) in [7, 11) is 0. The van der Waals surface area contributed by atoms with Gasteiger partial charge in [0.2, 0.25) is 5.91 Å². The van der Waals surface area contributed by atoms with Gasteiger partial charge in [-0.2, -0.15) is 0 Å². The van der Waals surface area contributed by atoms with Gasteiger partial charge in [-0.15, -0.1) is 0 Å². The molecule has 1 saturated carbocycles. The van der Waals surface area contributed by atoms with Crippen LogP contribution in [0.3, 0.4) is 0 Å². The van der Waals surface area contributed by atoms with Crippen LogP contribution in [0.2, 0.25) is 0 Å². The zero-order valence-electron chi connectivity index (χ0n) is 12.0. The van der Waals surface area contributed by atoms with E-state index in [0.717, 1.165) is 51.7 Å². The summed E-state index contributed by atoms with van der Waals surface area (Å²) in [5.74, 6) is 0.455. The number of amides is 1. The van der Waals surface area contributed by atoms with Gasteiger partial charge in [-0.3, -0.25) is 4.79 Å². The monoisotopic (exact) mass is 252 g/mol. The quantitative estimate of drug-likeness (QED) is 0.834. The van der Waals surface area contributed by atoms with E-state index in [4.69, 9.17) is 0 Å². The van der Waals surface area contributed by atoms with Crippen LogP contribution in [0.5, 0.6) is 0 Å². The summed E-state index contributed by atoms with van der Waals surface area (Å²) < 4.78 is 0. The number of carbonyl (C=O) groups is 1. The van der Waals surface area contributed by atoms with Gasteiger partial charge in [-0.1, -0.05) is 19.8 Å². The number of hydrogen-bond acceptors (Lipinski definition) is 2. The minimum atomic E-state index is -0.0130. The fourth-order valence-electron chi connectivity index (χ4n) is 3.76. The highest BCUT2D eigenvalue weighted by atomic mass is 16.2. The number of nitrogens with one attached hydrogen (secondary N) is 1. The van der Waals surface area contributed by atoms with Crippen molar-refractivity contribution in [3.05, 3.63) is 0 Å². The highest BCUT2D eigenvalue weighted by Gasteiger charge is 2.43. The Morgan fingerprint density at radius 2 is 1.83 bits per heavy atom. The second-order valence-corrected chi connectivity index (χ2v) is 5.91. The average Bonchev–Trinajstić information content (AvgIpc) is 2.91. The highest BCUT2D eigenvalue weighted by Crippen LogP contribution is 2.43. The van der Waals surface area contributed by atoms with Crippen LogP contribution >= 0.6 is 0 Å². The third-order valence-corrected chi connectivity index (χ3v) is 5.04. The molecule has 2 aliphatic rings. The molecule has 0 atom stereocenters. The molecule has 2 rings (SSSR count). The molecule has 0 aromatic heterocycles. The molecule has 0 unspecified atom stereocenters. The zero-order chi connectivity index (χ0) is 13.0. The fraction of sp³-hybridized carbons (Fsp3) is 0.933. The van der Waals surface area contributed by atoms with Crippen LogP contribution in [-0.4, -0.2) is 36.5 Å². The van der Waals surface area contributed by atoms with E-state index in [1.807, 2.05) is 0 Å². The topological polar surface area (TPSA) is 32.3 Å². The van der Waals surface area contributed by atoms with Crippen LogP contribution in [0, 0.1) is 5.41 Å². The van der Waals surface area contributed by atoms with Crippen LogP contribution in [-0.2, 0) is 4.79 Å². The van der Waals surface area contributed by atoms with E-state index in [1.165, 1.54) is 12.8 Å². The van der Waals surface area contributed by atoms with Crippen LogP contribution in [0.15, 0.2) is 0 Å². The molecule has 0 spiro atoms. The normalized spacial score (nSPS) is 24.1. The maximum absolute atomic E-state index is 12.9. The van der Waals surface area contributed by atoms with Crippen LogP contribution < -0.4 is 5.32 Å². The van der Waals surface area contributed by atoms with E-state index >= 15 is 0 Å². The Morgan fingerprint density at radius 1 is 1.22 bits per heavy atom. The first kappa shape index (κ1) is 13.9. The standard InChI is InChI=1S/C15H28N2O/c1-3-15(9-5-6-10-15)14(18)17(4-2)13-7-11-16-12-8-13/h13,16H,3-12H2,1-2H3. The molecule has 18 heavy (non-hydrogen) atoms. The number of nitrogens with zero attached hydrogens (tertiary/aromatic N) is 1. The summed E-state index contributed by atoms with van der Waals surface area (Å²) in [4.78, 5) is 15.1. The molecule has 3 nitrogen and oxygen atoms in total. The lowest BCUT2D eigenvalue weighted by Crippen LogP contribution is -2.51. The third-order valence-electron chi connectivity index (χ3n) is 5.04. The van der Waals surface area contributed by atoms with Crippen molar-refractivity contribution < 1.29 is 4.79 Å². The summed E-state index contributed by atoms with van der Waals surface area (Å²) in [6.07, 6.45) is 7.98. The second kappa shape index (κ2) is 6.05. The van der Waals surface area contributed by atoms with Crippen molar-refractivity contribution >= 4 is 5.91 Å². The Bertz CT molecular complexity index is 278. The molecular formula is C15H28N2O. The maximum Gasteiger partial charge on any atom is 0.229 e. The van der Waals surface area contributed by atoms with E-state index in [2.05, 4.69) is 24.1 Å². The van der Waals surface area contributed by atoms with E-state index in [1.54, 1.807) is 0 Å². The molecule has 1 aliphatic carbocycles. The molecule has 1 amide bonds.